The predicted octanol–water partition coefficient (Wildman–Crippen LogP) is 4.68. The largest absolute Gasteiger partial charge is 0.422 e. The molecule has 0 fully saturated rings. The van der Waals surface area contributed by atoms with Gasteiger partial charge >= 0.3 is 5.63 Å². The molecule has 0 unspecified atom stereocenters. The SMILES string of the molecule is O=c1oc2ccc(Cl)cc2cc1-c1nc2sc3c(c2c(=O)[nH]1)CCCCC3. The van der Waals surface area contributed by atoms with Crippen molar-refractivity contribution in [3.05, 3.63) is 60.5 Å². The number of hydrogen-bond donors (Lipinski definition) is 1. The van der Waals surface area contributed by atoms with Gasteiger partial charge in [-0.3, -0.25) is 4.79 Å². The molecule has 1 N–H and O–H groups in total. The zero-order valence-electron chi connectivity index (χ0n) is 14.3. The zero-order valence-corrected chi connectivity index (χ0v) is 15.9. The van der Waals surface area contributed by atoms with Crippen molar-refractivity contribution in [3.8, 4) is 11.4 Å². The Morgan fingerprint density at radius 3 is 2.85 bits per heavy atom. The molecule has 1 aliphatic rings. The number of aromatic amines is 1. The van der Waals surface area contributed by atoms with Gasteiger partial charge in [-0.15, -0.1) is 11.3 Å². The lowest BCUT2D eigenvalue weighted by Crippen LogP contribution is -2.13. The highest BCUT2D eigenvalue weighted by Gasteiger charge is 2.20. The van der Waals surface area contributed by atoms with Crippen molar-refractivity contribution in [2.45, 2.75) is 32.1 Å². The molecule has 1 aliphatic carbocycles. The molecular weight excluding hydrogens is 384 g/mol. The molecule has 0 bridgehead atoms. The average molecular weight is 399 g/mol. The van der Waals surface area contributed by atoms with Crippen LogP contribution in [0.25, 0.3) is 32.6 Å². The minimum absolute atomic E-state index is 0.194. The second kappa shape index (κ2) is 6.32. The van der Waals surface area contributed by atoms with Crippen LogP contribution in [-0.2, 0) is 12.8 Å². The van der Waals surface area contributed by atoms with Crippen LogP contribution in [0, 0.1) is 0 Å². The standard InChI is InChI=1S/C20H15ClN2O3S/c21-11-6-7-14-10(8-11)9-13(20(25)26-14)17-22-18(24)16-12-4-2-1-3-5-15(12)27-19(16)23-17/h6-9H,1-5H2,(H,22,23,24). The van der Waals surface area contributed by atoms with E-state index < -0.39 is 5.63 Å². The number of nitrogens with zero attached hydrogens (tertiary/aromatic N) is 1. The number of rotatable bonds is 1. The van der Waals surface area contributed by atoms with Crippen molar-refractivity contribution in [1.82, 2.24) is 9.97 Å². The Morgan fingerprint density at radius 2 is 1.96 bits per heavy atom. The van der Waals surface area contributed by atoms with E-state index in [9.17, 15) is 9.59 Å². The molecule has 0 radical (unpaired) electrons. The van der Waals surface area contributed by atoms with E-state index in [2.05, 4.69) is 9.97 Å². The number of halogens is 1. The van der Waals surface area contributed by atoms with Gasteiger partial charge in [-0.25, -0.2) is 9.78 Å². The van der Waals surface area contributed by atoms with Crippen molar-refractivity contribution in [2.24, 2.45) is 0 Å². The van der Waals surface area contributed by atoms with Crippen LogP contribution in [0.5, 0.6) is 0 Å². The van der Waals surface area contributed by atoms with Gasteiger partial charge in [0.15, 0.2) is 0 Å². The predicted molar refractivity (Wildman–Crippen MR) is 108 cm³/mol. The first kappa shape index (κ1) is 16.7. The third kappa shape index (κ3) is 2.80. The summed E-state index contributed by atoms with van der Waals surface area (Å²) in [6.07, 6.45) is 5.32. The normalized spacial score (nSPS) is 14.4. The molecular formula is C20H15ClN2O3S. The average Bonchev–Trinajstić information content (AvgIpc) is 2.83. The van der Waals surface area contributed by atoms with Gasteiger partial charge in [-0.1, -0.05) is 18.0 Å². The van der Waals surface area contributed by atoms with Crippen LogP contribution in [0.3, 0.4) is 0 Å². The number of aryl methyl sites for hydroxylation is 2. The van der Waals surface area contributed by atoms with Gasteiger partial charge in [-0.05, 0) is 55.5 Å². The summed E-state index contributed by atoms with van der Waals surface area (Å²) in [7, 11) is 0. The molecule has 0 atom stereocenters. The molecule has 5 nitrogen and oxygen atoms in total. The van der Waals surface area contributed by atoms with Crippen LogP contribution in [0.2, 0.25) is 5.02 Å². The highest BCUT2D eigenvalue weighted by Crippen LogP contribution is 2.33. The lowest BCUT2D eigenvalue weighted by Gasteiger charge is -2.03. The van der Waals surface area contributed by atoms with E-state index in [1.807, 2.05) is 0 Å². The van der Waals surface area contributed by atoms with Crippen molar-refractivity contribution < 1.29 is 4.42 Å². The summed E-state index contributed by atoms with van der Waals surface area (Å²) in [4.78, 5) is 34.6. The number of H-pyrrole nitrogens is 1. The third-order valence-electron chi connectivity index (χ3n) is 5.02. The number of nitrogens with one attached hydrogen (secondary N) is 1. The number of benzene rings is 1. The Bertz CT molecular complexity index is 1320. The molecule has 136 valence electrons. The van der Waals surface area contributed by atoms with Crippen LogP contribution in [-0.4, -0.2) is 9.97 Å². The summed E-state index contributed by atoms with van der Waals surface area (Å²) < 4.78 is 5.38. The van der Waals surface area contributed by atoms with E-state index in [4.69, 9.17) is 16.0 Å². The molecule has 1 aromatic carbocycles. The van der Waals surface area contributed by atoms with Gasteiger partial charge in [0.05, 0.1) is 5.39 Å². The van der Waals surface area contributed by atoms with Gasteiger partial charge < -0.3 is 9.40 Å². The van der Waals surface area contributed by atoms with E-state index in [-0.39, 0.29) is 16.9 Å². The molecule has 0 spiro atoms. The van der Waals surface area contributed by atoms with E-state index in [0.29, 0.717) is 26.2 Å². The summed E-state index contributed by atoms with van der Waals surface area (Å²) >= 11 is 7.60. The molecule has 3 heterocycles. The van der Waals surface area contributed by atoms with Crippen molar-refractivity contribution in [2.75, 3.05) is 0 Å². The Morgan fingerprint density at radius 1 is 1.11 bits per heavy atom. The minimum atomic E-state index is -0.537. The fraction of sp³-hybridized carbons (Fsp3) is 0.250. The maximum absolute atomic E-state index is 12.8. The minimum Gasteiger partial charge on any atom is -0.422 e. The number of aromatic nitrogens is 2. The Kier molecular flexibility index (Phi) is 3.91. The second-order valence-corrected chi connectivity index (χ2v) is 8.31. The fourth-order valence-corrected chi connectivity index (χ4v) is 5.17. The molecule has 4 aromatic rings. The highest BCUT2D eigenvalue weighted by atomic mass is 35.5. The molecule has 0 saturated heterocycles. The summed E-state index contributed by atoms with van der Waals surface area (Å²) in [5.41, 5.74) is 1.07. The smallest absolute Gasteiger partial charge is 0.347 e. The summed E-state index contributed by atoms with van der Waals surface area (Å²) in [5.74, 6) is 0.236. The first-order valence-corrected chi connectivity index (χ1v) is 10.1. The summed E-state index contributed by atoms with van der Waals surface area (Å²) in [6.45, 7) is 0. The highest BCUT2D eigenvalue weighted by molar-refractivity contribution is 7.18. The lowest BCUT2D eigenvalue weighted by molar-refractivity contribution is 0.563. The van der Waals surface area contributed by atoms with Crippen molar-refractivity contribution in [3.63, 3.8) is 0 Å². The lowest BCUT2D eigenvalue weighted by atomic mass is 10.1. The maximum atomic E-state index is 12.8. The van der Waals surface area contributed by atoms with E-state index in [0.717, 1.165) is 31.2 Å². The summed E-state index contributed by atoms with van der Waals surface area (Å²) in [5, 5.41) is 1.90. The van der Waals surface area contributed by atoms with E-state index in [1.165, 1.54) is 11.3 Å². The molecule has 27 heavy (non-hydrogen) atoms. The van der Waals surface area contributed by atoms with Gasteiger partial charge in [0, 0.05) is 15.3 Å². The monoisotopic (exact) mass is 398 g/mol. The molecule has 7 heteroatoms. The molecule has 0 amide bonds. The van der Waals surface area contributed by atoms with Crippen LogP contribution in [0.1, 0.15) is 29.7 Å². The second-order valence-electron chi connectivity index (χ2n) is 6.79. The van der Waals surface area contributed by atoms with Crippen LogP contribution >= 0.6 is 22.9 Å². The Hall–Kier alpha value is -2.44. The van der Waals surface area contributed by atoms with Crippen LogP contribution < -0.4 is 11.2 Å². The van der Waals surface area contributed by atoms with Gasteiger partial charge in [-0.2, -0.15) is 0 Å². The first-order valence-electron chi connectivity index (χ1n) is 8.88. The number of fused-ring (bicyclic) bond motifs is 4. The molecule has 0 saturated carbocycles. The van der Waals surface area contributed by atoms with E-state index >= 15 is 0 Å². The quantitative estimate of drug-likeness (QED) is 0.373. The third-order valence-corrected chi connectivity index (χ3v) is 6.45. The fourth-order valence-electron chi connectivity index (χ4n) is 3.73. The van der Waals surface area contributed by atoms with Gasteiger partial charge in [0.1, 0.15) is 21.8 Å². The zero-order chi connectivity index (χ0) is 18.5. The molecule has 0 aliphatic heterocycles. The Labute approximate surface area is 162 Å². The first-order chi connectivity index (χ1) is 13.1. The number of hydrogen-bond acceptors (Lipinski definition) is 5. The maximum Gasteiger partial charge on any atom is 0.347 e. The number of thiophene rings is 1. The van der Waals surface area contributed by atoms with Crippen LogP contribution in [0.4, 0.5) is 0 Å². The van der Waals surface area contributed by atoms with Crippen molar-refractivity contribution in [1.29, 1.82) is 0 Å². The van der Waals surface area contributed by atoms with Gasteiger partial charge in [0.25, 0.3) is 5.56 Å². The molecule has 5 rings (SSSR count). The van der Waals surface area contributed by atoms with Crippen molar-refractivity contribution >= 4 is 44.1 Å². The summed E-state index contributed by atoms with van der Waals surface area (Å²) in [6, 6.07) is 6.69. The van der Waals surface area contributed by atoms with Gasteiger partial charge in [0.2, 0.25) is 0 Å². The molecule has 3 aromatic heterocycles. The van der Waals surface area contributed by atoms with Crippen LogP contribution in [0.15, 0.2) is 38.3 Å². The van der Waals surface area contributed by atoms with E-state index in [1.54, 1.807) is 35.6 Å². The Balaban J connectivity index is 1.74. The topological polar surface area (TPSA) is 76.0 Å².